The highest BCUT2D eigenvalue weighted by atomic mass is 19.1. The molecular formula is C28H28FN5O. The fourth-order valence-electron chi connectivity index (χ4n) is 7.16. The Bertz CT molecular complexity index is 1560. The van der Waals surface area contributed by atoms with Gasteiger partial charge in [0.15, 0.2) is 5.82 Å². The lowest BCUT2D eigenvalue weighted by molar-refractivity contribution is -0.0204. The Morgan fingerprint density at radius 3 is 2.74 bits per heavy atom. The van der Waals surface area contributed by atoms with E-state index in [0.717, 1.165) is 47.8 Å². The van der Waals surface area contributed by atoms with Crippen LogP contribution in [0.5, 0.6) is 0 Å². The first-order chi connectivity index (χ1) is 17.0. The minimum atomic E-state index is -0.389. The molecule has 178 valence electrons. The van der Waals surface area contributed by atoms with Crippen molar-refractivity contribution in [2.45, 2.75) is 45.2 Å². The van der Waals surface area contributed by atoms with Crippen molar-refractivity contribution in [1.82, 2.24) is 24.0 Å². The van der Waals surface area contributed by atoms with Gasteiger partial charge in [0.1, 0.15) is 17.0 Å². The molecule has 7 heteroatoms. The molecule has 4 aromatic rings. The largest absolute Gasteiger partial charge is 0.335 e. The number of hydrogen-bond acceptors (Lipinski definition) is 3. The second-order valence-corrected chi connectivity index (χ2v) is 11.4. The summed E-state index contributed by atoms with van der Waals surface area (Å²) in [6.45, 7) is 3.72. The second-order valence-electron chi connectivity index (χ2n) is 11.4. The second kappa shape index (κ2) is 6.71. The molecular weight excluding hydrogens is 441 g/mol. The number of aromatic nitrogens is 4. The van der Waals surface area contributed by atoms with Crippen LogP contribution < -0.4 is 0 Å². The van der Waals surface area contributed by atoms with Crippen molar-refractivity contribution in [2.24, 2.45) is 30.7 Å². The summed E-state index contributed by atoms with van der Waals surface area (Å²) in [6, 6.07) is 9.79. The van der Waals surface area contributed by atoms with Gasteiger partial charge in [0.05, 0.1) is 11.2 Å². The standard InChI is InChI=1S/C28H28FN5O/c1-14-3-6-16-10-23(33(26(16)30-14)12-15-4-5-15)27-31-21-9-18(8-20(29)25(21)32(27)2)28(35)34-13-19-7-17-11-22(34)24(17)19/h3,6,8-10,15,17,19,22,24H,4-5,7,11-13H2,1-2H3/t17?,19-,22-,24-/m1/s1. The Morgan fingerprint density at radius 2 is 1.97 bits per heavy atom. The van der Waals surface area contributed by atoms with E-state index in [1.165, 1.54) is 25.3 Å². The fourth-order valence-corrected chi connectivity index (χ4v) is 7.16. The van der Waals surface area contributed by atoms with Gasteiger partial charge in [-0.25, -0.2) is 14.4 Å². The minimum Gasteiger partial charge on any atom is -0.335 e. The molecule has 3 aliphatic carbocycles. The summed E-state index contributed by atoms with van der Waals surface area (Å²) < 4.78 is 19.6. The molecule has 4 fully saturated rings. The van der Waals surface area contributed by atoms with Crippen LogP contribution in [0.2, 0.25) is 0 Å². The van der Waals surface area contributed by atoms with E-state index in [-0.39, 0.29) is 11.7 Å². The number of likely N-dealkylation sites (tertiary alicyclic amines) is 1. The van der Waals surface area contributed by atoms with Gasteiger partial charge in [0.2, 0.25) is 0 Å². The van der Waals surface area contributed by atoms with Crippen molar-refractivity contribution in [2.75, 3.05) is 6.54 Å². The number of imidazole rings is 1. The van der Waals surface area contributed by atoms with Crippen LogP contribution in [0.25, 0.3) is 33.6 Å². The van der Waals surface area contributed by atoms with Crippen LogP contribution in [0.4, 0.5) is 4.39 Å². The minimum absolute atomic E-state index is 0.0432. The maximum atomic E-state index is 15.5. The van der Waals surface area contributed by atoms with Gasteiger partial charge in [0.25, 0.3) is 5.91 Å². The normalized spacial score (nSPS) is 26.8. The summed E-state index contributed by atoms with van der Waals surface area (Å²) in [4.78, 5) is 25.1. The van der Waals surface area contributed by atoms with Gasteiger partial charge in [-0.15, -0.1) is 0 Å². The van der Waals surface area contributed by atoms with Gasteiger partial charge >= 0.3 is 0 Å². The van der Waals surface area contributed by atoms with Crippen LogP contribution in [0.1, 0.15) is 41.7 Å². The number of pyridine rings is 1. The predicted molar refractivity (Wildman–Crippen MR) is 131 cm³/mol. The summed E-state index contributed by atoms with van der Waals surface area (Å²) in [5, 5.41) is 1.07. The van der Waals surface area contributed by atoms with E-state index in [9.17, 15) is 4.79 Å². The van der Waals surface area contributed by atoms with Gasteiger partial charge in [-0.1, -0.05) is 0 Å². The number of carbonyl (C=O) groups excluding carboxylic acids is 1. The number of benzene rings is 1. The number of rotatable bonds is 4. The number of halogens is 1. The molecule has 1 aliphatic heterocycles. The molecule has 35 heavy (non-hydrogen) atoms. The number of carbonyl (C=O) groups is 1. The highest BCUT2D eigenvalue weighted by Gasteiger charge is 2.61. The topological polar surface area (TPSA) is 56.0 Å². The summed E-state index contributed by atoms with van der Waals surface area (Å²) >= 11 is 0. The third-order valence-electron chi connectivity index (χ3n) is 9.19. The average Bonchev–Trinajstić information content (AvgIpc) is 3.48. The van der Waals surface area contributed by atoms with Crippen LogP contribution in [-0.4, -0.2) is 42.5 Å². The molecule has 4 heterocycles. The maximum Gasteiger partial charge on any atom is 0.254 e. The number of fused-ring (bicyclic) bond motifs is 2. The van der Waals surface area contributed by atoms with E-state index in [1.807, 2.05) is 29.5 Å². The Balaban J connectivity index is 1.23. The molecule has 0 spiro atoms. The van der Waals surface area contributed by atoms with Crippen LogP contribution in [0.15, 0.2) is 30.3 Å². The van der Waals surface area contributed by atoms with Crippen molar-refractivity contribution < 1.29 is 9.18 Å². The lowest BCUT2D eigenvalue weighted by atomic mass is 9.53. The first-order valence-corrected chi connectivity index (χ1v) is 12.9. The summed E-state index contributed by atoms with van der Waals surface area (Å²) in [5.74, 6) is 3.10. The Kier molecular flexibility index (Phi) is 3.84. The monoisotopic (exact) mass is 469 g/mol. The number of amides is 1. The van der Waals surface area contributed by atoms with Crippen molar-refractivity contribution in [1.29, 1.82) is 0 Å². The van der Waals surface area contributed by atoms with E-state index < -0.39 is 0 Å². The quantitative estimate of drug-likeness (QED) is 0.426. The fraction of sp³-hybridized carbons (Fsp3) is 0.464. The Labute approximate surface area is 202 Å². The predicted octanol–water partition coefficient (Wildman–Crippen LogP) is 4.93. The number of nitrogens with zero attached hydrogens (tertiary/aromatic N) is 5. The van der Waals surface area contributed by atoms with Crippen LogP contribution >= 0.6 is 0 Å². The molecule has 4 atom stereocenters. The van der Waals surface area contributed by atoms with Gasteiger partial charge in [-0.2, -0.15) is 0 Å². The van der Waals surface area contributed by atoms with Gasteiger partial charge in [0, 0.05) is 42.8 Å². The van der Waals surface area contributed by atoms with Gasteiger partial charge in [-0.05, 0) is 86.6 Å². The van der Waals surface area contributed by atoms with Crippen LogP contribution in [-0.2, 0) is 13.6 Å². The number of hydrogen-bond donors (Lipinski definition) is 0. The lowest BCUT2D eigenvalue weighted by Gasteiger charge is -2.52. The highest BCUT2D eigenvalue weighted by molar-refractivity contribution is 5.98. The van der Waals surface area contributed by atoms with E-state index in [4.69, 9.17) is 9.97 Å². The van der Waals surface area contributed by atoms with Crippen molar-refractivity contribution in [3.63, 3.8) is 0 Å². The van der Waals surface area contributed by atoms with Crippen molar-refractivity contribution in [3.8, 4) is 11.5 Å². The van der Waals surface area contributed by atoms with Crippen molar-refractivity contribution in [3.05, 3.63) is 47.4 Å². The van der Waals surface area contributed by atoms with E-state index in [2.05, 4.69) is 16.7 Å². The molecule has 8 rings (SSSR count). The Hall–Kier alpha value is -3.22. The zero-order chi connectivity index (χ0) is 23.6. The lowest BCUT2D eigenvalue weighted by Crippen LogP contribution is -2.53. The molecule has 3 saturated carbocycles. The zero-order valence-corrected chi connectivity index (χ0v) is 20.0. The van der Waals surface area contributed by atoms with E-state index >= 15 is 4.39 Å². The summed E-state index contributed by atoms with van der Waals surface area (Å²) in [6.07, 6.45) is 4.83. The molecule has 4 aliphatic rings. The molecule has 6 nitrogen and oxygen atoms in total. The third kappa shape index (κ3) is 2.72. The Morgan fingerprint density at radius 1 is 1.11 bits per heavy atom. The summed E-state index contributed by atoms with van der Waals surface area (Å²) in [5.41, 5.74) is 4.28. The smallest absolute Gasteiger partial charge is 0.254 e. The van der Waals surface area contributed by atoms with Gasteiger partial charge in [-0.3, -0.25) is 4.79 Å². The molecule has 0 bridgehead atoms. The maximum absolute atomic E-state index is 15.5. The van der Waals surface area contributed by atoms with E-state index in [1.54, 1.807) is 6.07 Å². The molecule has 1 unspecified atom stereocenters. The zero-order valence-electron chi connectivity index (χ0n) is 20.0. The molecule has 0 radical (unpaired) electrons. The molecule has 1 saturated heterocycles. The van der Waals surface area contributed by atoms with Gasteiger partial charge < -0.3 is 14.0 Å². The first kappa shape index (κ1) is 20.0. The molecule has 0 N–H and O–H groups in total. The van der Waals surface area contributed by atoms with Crippen molar-refractivity contribution >= 4 is 28.0 Å². The van der Waals surface area contributed by atoms with Crippen LogP contribution in [0, 0.1) is 36.4 Å². The first-order valence-electron chi connectivity index (χ1n) is 12.9. The molecule has 1 amide bonds. The molecule has 1 aromatic carbocycles. The third-order valence-corrected chi connectivity index (χ3v) is 9.19. The average molecular weight is 470 g/mol. The highest BCUT2D eigenvalue weighted by Crippen LogP contribution is 2.60. The molecule has 3 aromatic heterocycles. The summed E-state index contributed by atoms with van der Waals surface area (Å²) in [7, 11) is 1.86. The van der Waals surface area contributed by atoms with Crippen LogP contribution in [0.3, 0.4) is 0 Å². The number of aryl methyl sites for hydroxylation is 2. The SMILES string of the molecule is Cc1ccc2cc(-c3nc4cc(C(=O)N5C[C@H]6CC7C[C@@H]5[C@H]76)cc(F)c4n3C)n(CC3CC3)c2n1. The van der Waals surface area contributed by atoms with E-state index in [0.29, 0.717) is 46.2 Å².